The second kappa shape index (κ2) is 30.0. The van der Waals surface area contributed by atoms with Gasteiger partial charge in [-0.1, -0.05) is 146 Å². The van der Waals surface area contributed by atoms with Crippen LogP contribution in [0.5, 0.6) is 0 Å². The van der Waals surface area contributed by atoms with Crippen LogP contribution in [0.15, 0.2) is 48.6 Å². The van der Waals surface area contributed by atoms with Gasteiger partial charge in [-0.25, -0.2) is 0 Å². The third-order valence-corrected chi connectivity index (χ3v) is 13.8. The van der Waals surface area contributed by atoms with Gasteiger partial charge in [0.1, 0.15) is 0 Å². The van der Waals surface area contributed by atoms with Gasteiger partial charge in [0.2, 0.25) is 0 Å². The Morgan fingerprint density at radius 2 is 0.927 bits per heavy atom. The Balaban J connectivity index is 1.37. The molecular formula is C52H93NO2. The van der Waals surface area contributed by atoms with Gasteiger partial charge in [0.05, 0.1) is 12.2 Å². The van der Waals surface area contributed by atoms with Gasteiger partial charge in [0.25, 0.3) is 0 Å². The predicted octanol–water partition coefficient (Wildman–Crippen LogP) is 15.9. The molecule has 55 heavy (non-hydrogen) atoms. The zero-order chi connectivity index (χ0) is 39.4. The first kappa shape index (κ1) is 48.2. The summed E-state index contributed by atoms with van der Waals surface area (Å²) >= 11 is 0. The molecule has 0 bridgehead atoms. The summed E-state index contributed by atoms with van der Waals surface area (Å²) in [6.45, 7) is 9.51. The Hall–Kier alpha value is -1.16. The molecule has 1 heterocycles. The molecule has 2 saturated carbocycles. The molecular weight excluding hydrogens is 671 g/mol. The minimum Gasteiger partial charge on any atom is -0.344 e. The van der Waals surface area contributed by atoms with Crippen molar-refractivity contribution < 1.29 is 9.47 Å². The van der Waals surface area contributed by atoms with E-state index in [0.29, 0.717) is 18.2 Å². The van der Waals surface area contributed by atoms with Gasteiger partial charge in [-0.15, -0.1) is 0 Å². The molecule has 3 fully saturated rings. The lowest BCUT2D eigenvalue weighted by Crippen LogP contribution is -2.39. The maximum atomic E-state index is 7.19. The number of nitrogens with zero attached hydrogens (tertiary/aromatic N) is 1. The van der Waals surface area contributed by atoms with Crippen molar-refractivity contribution >= 4 is 0 Å². The van der Waals surface area contributed by atoms with Crippen LogP contribution in [0.2, 0.25) is 0 Å². The Bertz CT molecular complexity index is 994. The summed E-state index contributed by atoms with van der Waals surface area (Å²) in [5, 5.41) is 0. The maximum absolute atomic E-state index is 7.19. The van der Waals surface area contributed by atoms with Crippen LogP contribution in [0.25, 0.3) is 0 Å². The molecule has 318 valence electrons. The first-order chi connectivity index (χ1) is 26.9. The number of allylic oxidation sites excluding steroid dienone is 8. The minimum atomic E-state index is -0.325. The van der Waals surface area contributed by atoms with Crippen molar-refractivity contribution in [3.63, 3.8) is 0 Å². The smallest absolute Gasteiger partial charge is 0.169 e. The summed E-state index contributed by atoms with van der Waals surface area (Å²) in [6, 6.07) is 0.654. The van der Waals surface area contributed by atoms with Crippen molar-refractivity contribution in [3.05, 3.63) is 48.6 Å². The van der Waals surface area contributed by atoms with E-state index in [-0.39, 0.29) is 5.79 Å². The monoisotopic (exact) mass is 764 g/mol. The molecule has 3 heteroatoms. The number of hydrogen-bond acceptors (Lipinski definition) is 3. The van der Waals surface area contributed by atoms with E-state index in [1.54, 1.807) is 0 Å². The molecule has 0 radical (unpaired) electrons. The van der Waals surface area contributed by atoms with E-state index < -0.39 is 0 Å². The topological polar surface area (TPSA) is 21.7 Å². The lowest BCUT2D eigenvalue weighted by atomic mass is 9.73. The van der Waals surface area contributed by atoms with E-state index in [4.69, 9.17) is 9.47 Å². The first-order valence-electron chi connectivity index (χ1n) is 24.5. The van der Waals surface area contributed by atoms with Crippen molar-refractivity contribution in [1.82, 2.24) is 4.90 Å². The Morgan fingerprint density at radius 1 is 0.527 bits per heavy atom. The number of fused-ring (bicyclic) bond motifs is 2. The summed E-state index contributed by atoms with van der Waals surface area (Å²) < 4.78 is 14.3. The molecule has 1 aliphatic heterocycles. The average Bonchev–Trinajstić information content (AvgIpc) is 3.68. The summed E-state index contributed by atoms with van der Waals surface area (Å²) in [6.07, 6.45) is 58.2. The summed E-state index contributed by atoms with van der Waals surface area (Å²) in [7, 11) is 4.50. The average molecular weight is 764 g/mol. The van der Waals surface area contributed by atoms with E-state index in [1.165, 1.54) is 167 Å². The SMILES string of the molecule is CCCCC/C=C\C/C=C\CCCCCCCCC1(CCCCCCCC/C=C\C/C=C\CCCCC)O[C@H]2CC3C(CC(C)N(C)C)CC(C)C3C[C@H]2O1. The third kappa shape index (κ3) is 19.9. The Labute approximate surface area is 344 Å². The third-order valence-electron chi connectivity index (χ3n) is 13.8. The number of hydrogen-bond donors (Lipinski definition) is 0. The highest BCUT2D eigenvalue weighted by Crippen LogP contribution is 2.55. The lowest BCUT2D eigenvalue weighted by Gasteiger charge is -2.37. The van der Waals surface area contributed by atoms with E-state index in [1.807, 2.05) is 0 Å². The zero-order valence-corrected chi connectivity index (χ0v) is 37.6. The van der Waals surface area contributed by atoms with Gasteiger partial charge in [0, 0.05) is 18.9 Å². The van der Waals surface area contributed by atoms with E-state index >= 15 is 0 Å². The fourth-order valence-corrected chi connectivity index (χ4v) is 10.1. The van der Waals surface area contributed by atoms with Crippen molar-refractivity contribution in [1.29, 1.82) is 0 Å². The van der Waals surface area contributed by atoms with Crippen LogP contribution in [-0.4, -0.2) is 43.0 Å². The highest BCUT2D eigenvalue weighted by Gasteiger charge is 2.55. The Morgan fingerprint density at radius 3 is 1.36 bits per heavy atom. The highest BCUT2D eigenvalue weighted by atomic mass is 16.8. The molecule has 2 aliphatic carbocycles. The normalized spacial score (nSPS) is 25.7. The molecule has 0 spiro atoms. The van der Waals surface area contributed by atoms with Crippen LogP contribution >= 0.6 is 0 Å². The van der Waals surface area contributed by atoms with Gasteiger partial charge < -0.3 is 14.4 Å². The molecule has 3 nitrogen and oxygen atoms in total. The molecule has 3 rings (SSSR count). The van der Waals surface area contributed by atoms with Gasteiger partial charge in [-0.2, -0.15) is 0 Å². The molecule has 1 saturated heterocycles. The van der Waals surface area contributed by atoms with Crippen molar-refractivity contribution in [2.24, 2.45) is 23.7 Å². The number of ether oxygens (including phenoxy) is 2. The number of rotatable bonds is 33. The lowest BCUT2D eigenvalue weighted by molar-refractivity contribution is -0.186. The van der Waals surface area contributed by atoms with Crippen molar-refractivity contribution in [2.45, 2.75) is 244 Å². The standard InChI is InChI=1S/C52H93NO2/c1-7-9-11-13-15-17-19-21-23-25-27-29-31-33-35-37-39-52(40-38-36-34-32-30-28-26-24-22-20-18-16-14-12-10-8-2)54-50-43-48-45(3)41-47(42-46(4)53(5)6)49(48)44-51(50)55-52/h15-18,21-24,45-51H,7-14,19-20,25-44H2,1-6H3/b17-15-,18-16-,23-21-,24-22-/t45?,46?,47?,48?,49?,50-,51+/m1/s1. The number of unbranched alkanes of at least 4 members (excludes halogenated alkanes) is 18. The summed E-state index contributed by atoms with van der Waals surface area (Å²) in [5.74, 6) is 2.99. The van der Waals surface area contributed by atoms with Crippen LogP contribution in [-0.2, 0) is 9.47 Å². The molecule has 0 N–H and O–H groups in total. The molecule has 3 aliphatic rings. The van der Waals surface area contributed by atoms with E-state index in [0.717, 1.165) is 49.4 Å². The quantitative estimate of drug-likeness (QED) is 0.0491. The second-order valence-corrected chi connectivity index (χ2v) is 18.7. The summed E-state index contributed by atoms with van der Waals surface area (Å²) in [5.41, 5.74) is 0. The molecule has 5 unspecified atom stereocenters. The Kier molecular flexibility index (Phi) is 26.3. The highest BCUT2D eigenvalue weighted by molar-refractivity contribution is 5.01. The van der Waals surface area contributed by atoms with Gasteiger partial charge in [0.15, 0.2) is 5.79 Å². The van der Waals surface area contributed by atoms with Crippen molar-refractivity contribution in [3.8, 4) is 0 Å². The molecule has 0 aromatic carbocycles. The van der Waals surface area contributed by atoms with E-state index in [2.05, 4.69) is 95.3 Å². The van der Waals surface area contributed by atoms with Crippen LogP contribution in [0.1, 0.15) is 220 Å². The van der Waals surface area contributed by atoms with Gasteiger partial charge in [-0.05, 0) is 147 Å². The molecule has 0 aromatic heterocycles. The molecule has 0 amide bonds. The van der Waals surface area contributed by atoms with Crippen LogP contribution in [0.4, 0.5) is 0 Å². The fraction of sp³-hybridized carbons (Fsp3) is 0.846. The fourth-order valence-electron chi connectivity index (χ4n) is 10.1. The second-order valence-electron chi connectivity index (χ2n) is 18.7. The molecule has 7 atom stereocenters. The predicted molar refractivity (Wildman–Crippen MR) is 242 cm³/mol. The van der Waals surface area contributed by atoms with Crippen LogP contribution in [0, 0.1) is 23.7 Å². The van der Waals surface area contributed by atoms with Crippen molar-refractivity contribution in [2.75, 3.05) is 14.1 Å². The summed E-state index contributed by atoms with van der Waals surface area (Å²) in [4.78, 5) is 2.42. The van der Waals surface area contributed by atoms with Crippen LogP contribution < -0.4 is 0 Å². The van der Waals surface area contributed by atoms with Gasteiger partial charge >= 0.3 is 0 Å². The van der Waals surface area contributed by atoms with Crippen LogP contribution in [0.3, 0.4) is 0 Å². The zero-order valence-electron chi connectivity index (χ0n) is 37.6. The maximum Gasteiger partial charge on any atom is 0.169 e. The molecule has 0 aromatic rings. The minimum absolute atomic E-state index is 0.318. The first-order valence-corrected chi connectivity index (χ1v) is 24.5. The van der Waals surface area contributed by atoms with E-state index in [9.17, 15) is 0 Å². The van der Waals surface area contributed by atoms with Gasteiger partial charge in [-0.3, -0.25) is 0 Å². The largest absolute Gasteiger partial charge is 0.344 e.